The highest BCUT2D eigenvalue weighted by Gasteiger charge is 2.31. The van der Waals surface area contributed by atoms with E-state index in [1.807, 2.05) is 44.2 Å². The number of anilines is 1. The van der Waals surface area contributed by atoms with Gasteiger partial charge in [-0.3, -0.25) is 4.68 Å². The van der Waals surface area contributed by atoms with Gasteiger partial charge in [-0.2, -0.15) is 5.10 Å². The summed E-state index contributed by atoms with van der Waals surface area (Å²) >= 11 is 0. The van der Waals surface area contributed by atoms with Gasteiger partial charge in [0.1, 0.15) is 0 Å². The smallest absolute Gasteiger partial charge is 0.322 e. The van der Waals surface area contributed by atoms with Crippen LogP contribution in [0.2, 0.25) is 0 Å². The minimum absolute atomic E-state index is 0.0774. The van der Waals surface area contributed by atoms with E-state index >= 15 is 0 Å². The fraction of sp³-hybridized carbons (Fsp3) is 0.389. The molecule has 3 aromatic heterocycles. The zero-order chi connectivity index (χ0) is 17.6. The molecule has 3 aromatic rings. The van der Waals surface area contributed by atoms with Crippen LogP contribution in [0.25, 0.3) is 11.0 Å². The van der Waals surface area contributed by atoms with Gasteiger partial charge in [-0.25, -0.2) is 9.78 Å². The highest BCUT2D eigenvalue weighted by molar-refractivity contribution is 5.92. The lowest BCUT2D eigenvalue weighted by Crippen LogP contribution is -2.35. The number of nitrogens with zero attached hydrogens (tertiary/aromatic N) is 5. The van der Waals surface area contributed by atoms with Crippen molar-refractivity contribution >= 4 is 22.8 Å². The Hall–Kier alpha value is -2.83. The number of hydrogen-bond acceptors (Lipinski definition) is 3. The highest BCUT2D eigenvalue weighted by Crippen LogP contribution is 2.32. The van der Waals surface area contributed by atoms with Crippen LogP contribution in [0.15, 0.2) is 30.6 Å². The van der Waals surface area contributed by atoms with Gasteiger partial charge in [-0.05, 0) is 38.0 Å². The first kappa shape index (κ1) is 15.7. The molecule has 1 atom stereocenters. The molecule has 130 valence electrons. The maximum Gasteiger partial charge on any atom is 0.322 e. The van der Waals surface area contributed by atoms with Crippen molar-refractivity contribution in [1.29, 1.82) is 0 Å². The quantitative estimate of drug-likeness (QED) is 0.781. The number of fused-ring (bicyclic) bond motifs is 1. The second-order valence-electron chi connectivity index (χ2n) is 6.63. The number of amides is 2. The zero-order valence-corrected chi connectivity index (χ0v) is 14.7. The average Bonchev–Trinajstić information content (AvgIpc) is 3.28. The summed E-state index contributed by atoms with van der Waals surface area (Å²) < 4.78 is 3.84. The Bertz CT molecular complexity index is 940. The lowest BCUT2D eigenvalue weighted by Gasteiger charge is -2.25. The van der Waals surface area contributed by atoms with Gasteiger partial charge in [0.25, 0.3) is 0 Å². The van der Waals surface area contributed by atoms with Crippen molar-refractivity contribution in [3.05, 3.63) is 42.0 Å². The maximum atomic E-state index is 12.8. The molecule has 1 N–H and O–H groups in total. The molecular formula is C18H22N6O. The molecule has 0 spiro atoms. The molecule has 0 saturated carbocycles. The lowest BCUT2D eigenvalue weighted by molar-refractivity contribution is 0.205. The van der Waals surface area contributed by atoms with E-state index in [-0.39, 0.29) is 12.1 Å². The number of urea groups is 1. The number of pyridine rings is 1. The fourth-order valence-corrected chi connectivity index (χ4v) is 3.71. The van der Waals surface area contributed by atoms with Gasteiger partial charge in [0.05, 0.1) is 23.6 Å². The first-order chi connectivity index (χ1) is 12.0. The molecule has 1 aliphatic rings. The summed E-state index contributed by atoms with van der Waals surface area (Å²) in [6, 6.07) is 6.09. The molecule has 4 heterocycles. The Balaban J connectivity index is 1.57. The monoisotopic (exact) mass is 338 g/mol. The van der Waals surface area contributed by atoms with Crippen LogP contribution in [0.1, 0.15) is 30.3 Å². The summed E-state index contributed by atoms with van der Waals surface area (Å²) in [4.78, 5) is 19.2. The molecule has 1 fully saturated rings. The predicted octanol–water partition coefficient (Wildman–Crippen LogP) is 2.98. The van der Waals surface area contributed by atoms with E-state index < -0.39 is 0 Å². The SMILES string of the molecule is Cc1nn(C)c2ncc(NC(=O)N3CCC[C@@H]3c3cccn3C)cc12. The van der Waals surface area contributed by atoms with E-state index in [4.69, 9.17) is 0 Å². The van der Waals surface area contributed by atoms with E-state index in [0.29, 0.717) is 5.69 Å². The summed E-state index contributed by atoms with van der Waals surface area (Å²) in [7, 11) is 3.89. The van der Waals surface area contributed by atoms with E-state index in [1.165, 1.54) is 5.69 Å². The van der Waals surface area contributed by atoms with Crippen molar-refractivity contribution in [3.8, 4) is 0 Å². The minimum Gasteiger partial charge on any atom is -0.353 e. The Morgan fingerprint density at radius 3 is 2.96 bits per heavy atom. The van der Waals surface area contributed by atoms with Crippen molar-refractivity contribution in [2.24, 2.45) is 14.1 Å². The number of hydrogen-bond donors (Lipinski definition) is 1. The van der Waals surface area contributed by atoms with Crippen LogP contribution in [-0.4, -0.2) is 36.8 Å². The molecule has 0 unspecified atom stereocenters. The van der Waals surface area contributed by atoms with Gasteiger partial charge in [-0.15, -0.1) is 0 Å². The molecule has 25 heavy (non-hydrogen) atoms. The van der Waals surface area contributed by atoms with Gasteiger partial charge >= 0.3 is 6.03 Å². The van der Waals surface area contributed by atoms with Crippen LogP contribution in [-0.2, 0) is 14.1 Å². The third-order valence-corrected chi connectivity index (χ3v) is 4.95. The van der Waals surface area contributed by atoms with Crippen LogP contribution in [0, 0.1) is 6.92 Å². The van der Waals surface area contributed by atoms with E-state index in [0.717, 1.165) is 36.1 Å². The lowest BCUT2D eigenvalue weighted by atomic mass is 10.1. The molecule has 0 radical (unpaired) electrons. The second-order valence-corrected chi connectivity index (χ2v) is 6.63. The van der Waals surface area contributed by atoms with Crippen molar-refractivity contribution in [3.63, 3.8) is 0 Å². The maximum absolute atomic E-state index is 12.8. The zero-order valence-electron chi connectivity index (χ0n) is 14.7. The minimum atomic E-state index is -0.0774. The molecule has 4 rings (SSSR count). The molecule has 0 bridgehead atoms. The van der Waals surface area contributed by atoms with Gasteiger partial charge < -0.3 is 14.8 Å². The largest absolute Gasteiger partial charge is 0.353 e. The van der Waals surface area contributed by atoms with Crippen LogP contribution >= 0.6 is 0 Å². The molecular weight excluding hydrogens is 316 g/mol. The Labute approximate surface area is 146 Å². The number of aryl methyl sites for hydroxylation is 3. The summed E-state index contributed by atoms with van der Waals surface area (Å²) in [5.41, 5.74) is 3.60. The average molecular weight is 338 g/mol. The number of nitrogens with one attached hydrogen (secondary N) is 1. The first-order valence-corrected chi connectivity index (χ1v) is 8.53. The molecule has 7 heteroatoms. The van der Waals surface area contributed by atoms with Crippen LogP contribution in [0.3, 0.4) is 0 Å². The number of likely N-dealkylation sites (tertiary alicyclic amines) is 1. The summed E-state index contributed by atoms with van der Waals surface area (Å²) in [5, 5.41) is 8.33. The summed E-state index contributed by atoms with van der Waals surface area (Å²) in [5.74, 6) is 0. The van der Waals surface area contributed by atoms with Gasteiger partial charge in [0.15, 0.2) is 5.65 Å². The standard InChI is InChI=1S/C18H22N6O/c1-12-14-10-13(11-19-17(14)23(3)21-12)20-18(25)24-9-5-7-16(24)15-6-4-8-22(15)2/h4,6,8,10-11,16H,5,7,9H2,1-3H3,(H,20,25)/t16-/m1/s1. The van der Waals surface area contributed by atoms with Gasteiger partial charge in [0, 0.05) is 37.9 Å². The van der Waals surface area contributed by atoms with Crippen molar-refractivity contribution in [2.75, 3.05) is 11.9 Å². The van der Waals surface area contributed by atoms with Crippen LogP contribution < -0.4 is 5.32 Å². The topological polar surface area (TPSA) is 68.0 Å². The molecule has 2 amide bonds. The van der Waals surface area contributed by atoms with Gasteiger partial charge in [-0.1, -0.05) is 0 Å². The van der Waals surface area contributed by atoms with Crippen molar-refractivity contribution < 1.29 is 4.79 Å². The summed E-state index contributed by atoms with van der Waals surface area (Å²) in [6.45, 7) is 2.71. The molecule has 7 nitrogen and oxygen atoms in total. The molecule has 0 aromatic carbocycles. The summed E-state index contributed by atoms with van der Waals surface area (Å²) in [6.07, 6.45) is 5.72. The van der Waals surface area contributed by atoms with E-state index in [1.54, 1.807) is 10.9 Å². The normalized spacial score (nSPS) is 17.4. The third kappa shape index (κ3) is 2.65. The highest BCUT2D eigenvalue weighted by atomic mass is 16.2. The van der Waals surface area contributed by atoms with Crippen molar-refractivity contribution in [2.45, 2.75) is 25.8 Å². The second kappa shape index (κ2) is 5.91. The van der Waals surface area contributed by atoms with Gasteiger partial charge in [0.2, 0.25) is 0 Å². The predicted molar refractivity (Wildman–Crippen MR) is 96.4 cm³/mol. The molecule has 0 aliphatic carbocycles. The van der Waals surface area contributed by atoms with Crippen LogP contribution in [0.5, 0.6) is 0 Å². The fourth-order valence-electron chi connectivity index (χ4n) is 3.71. The Morgan fingerprint density at radius 1 is 1.36 bits per heavy atom. The Morgan fingerprint density at radius 2 is 2.20 bits per heavy atom. The van der Waals surface area contributed by atoms with E-state index in [2.05, 4.69) is 26.0 Å². The van der Waals surface area contributed by atoms with E-state index in [9.17, 15) is 4.79 Å². The number of aromatic nitrogens is 4. The number of carbonyl (C=O) groups excluding carboxylic acids is 1. The molecule has 1 saturated heterocycles. The Kier molecular flexibility index (Phi) is 3.71. The number of rotatable bonds is 2. The van der Waals surface area contributed by atoms with Crippen LogP contribution in [0.4, 0.5) is 10.5 Å². The molecule has 1 aliphatic heterocycles. The third-order valence-electron chi connectivity index (χ3n) is 4.95. The first-order valence-electron chi connectivity index (χ1n) is 8.53. The number of carbonyl (C=O) groups is 1. The van der Waals surface area contributed by atoms with Crippen molar-refractivity contribution in [1.82, 2.24) is 24.2 Å².